The fourth-order valence-electron chi connectivity index (χ4n) is 3.60. The third kappa shape index (κ3) is 3.51. The van der Waals surface area contributed by atoms with Crippen molar-refractivity contribution in [2.45, 2.75) is 20.1 Å². The van der Waals surface area contributed by atoms with Crippen LogP contribution in [-0.2, 0) is 17.9 Å². The van der Waals surface area contributed by atoms with Crippen LogP contribution in [0.25, 0.3) is 16.8 Å². The molecule has 0 radical (unpaired) electrons. The Morgan fingerprint density at radius 3 is 2.33 bits per heavy atom. The van der Waals surface area contributed by atoms with Crippen LogP contribution in [0.4, 0.5) is 5.69 Å². The van der Waals surface area contributed by atoms with Crippen molar-refractivity contribution >= 4 is 17.1 Å². The molecule has 0 aliphatic carbocycles. The highest BCUT2D eigenvalue weighted by molar-refractivity contribution is 5.93. The van der Waals surface area contributed by atoms with E-state index in [1.165, 1.54) is 9.08 Å². The Bertz CT molecular complexity index is 1230. The van der Waals surface area contributed by atoms with Crippen molar-refractivity contribution in [3.05, 3.63) is 89.0 Å². The number of aliphatic hydroxyl groups is 1. The molecule has 0 unspecified atom stereocenters. The number of amides is 1. The summed E-state index contributed by atoms with van der Waals surface area (Å²) < 4.78 is 2.82. The van der Waals surface area contributed by atoms with Crippen molar-refractivity contribution in [2.75, 3.05) is 11.4 Å². The van der Waals surface area contributed by atoms with Crippen molar-refractivity contribution in [3.8, 4) is 11.3 Å². The lowest BCUT2D eigenvalue weighted by atomic mass is 10.1. The number of carbonyl (C=O) groups is 1. The van der Waals surface area contributed by atoms with Crippen LogP contribution in [0.2, 0.25) is 0 Å². The van der Waals surface area contributed by atoms with Gasteiger partial charge in [0.15, 0.2) is 0 Å². The largest absolute Gasteiger partial charge is 0.392 e. The summed E-state index contributed by atoms with van der Waals surface area (Å²) in [6.45, 7) is 1.96. The molecule has 2 heterocycles. The zero-order valence-electron chi connectivity index (χ0n) is 16.6. The van der Waals surface area contributed by atoms with Gasteiger partial charge in [0, 0.05) is 35.8 Å². The first-order valence-corrected chi connectivity index (χ1v) is 9.76. The van der Waals surface area contributed by atoms with Crippen molar-refractivity contribution < 1.29 is 9.90 Å². The van der Waals surface area contributed by atoms with E-state index in [1.807, 2.05) is 67.6 Å². The molecule has 4 aromatic rings. The number of nitrogens with zero attached hydrogens (tertiary/aromatic N) is 4. The van der Waals surface area contributed by atoms with Gasteiger partial charge in [-0.3, -0.25) is 9.59 Å². The number of aromatic nitrogens is 3. The van der Waals surface area contributed by atoms with Gasteiger partial charge >= 0.3 is 0 Å². The van der Waals surface area contributed by atoms with E-state index in [-0.39, 0.29) is 30.1 Å². The maximum Gasteiger partial charge on any atom is 0.277 e. The second-order valence-corrected chi connectivity index (χ2v) is 6.85. The van der Waals surface area contributed by atoms with Crippen LogP contribution in [0.3, 0.4) is 0 Å². The molecular weight excluding hydrogens is 380 g/mol. The van der Waals surface area contributed by atoms with Gasteiger partial charge in [-0.25, -0.2) is 4.52 Å². The summed E-state index contributed by atoms with van der Waals surface area (Å²) in [5.41, 5.74) is 2.50. The maximum atomic E-state index is 13.2. The normalized spacial score (nSPS) is 11.0. The first-order valence-electron chi connectivity index (χ1n) is 9.76. The topological polar surface area (TPSA) is 79.8 Å². The molecular formula is C23H22N4O3. The Morgan fingerprint density at radius 1 is 1.03 bits per heavy atom. The van der Waals surface area contributed by atoms with E-state index >= 15 is 0 Å². The van der Waals surface area contributed by atoms with Crippen molar-refractivity contribution in [3.63, 3.8) is 0 Å². The first kappa shape index (κ1) is 19.6. The maximum absolute atomic E-state index is 13.2. The minimum Gasteiger partial charge on any atom is -0.392 e. The number of hydrogen-bond donors (Lipinski definition) is 1. The molecule has 0 aliphatic rings. The van der Waals surface area contributed by atoms with E-state index in [0.29, 0.717) is 17.8 Å². The Morgan fingerprint density at radius 2 is 1.70 bits per heavy atom. The van der Waals surface area contributed by atoms with Crippen molar-refractivity contribution in [1.29, 1.82) is 0 Å². The Kier molecular flexibility index (Phi) is 5.45. The van der Waals surface area contributed by atoms with Gasteiger partial charge in [0.2, 0.25) is 5.91 Å². The van der Waals surface area contributed by atoms with Crippen LogP contribution in [0.15, 0.2) is 77.9 Å². The Labute approximate surface area is 173 Å². The molecule has 1 amide bonds. The molecule has 152 valence electrons. The number of para-hydroxylation sites is 1. The van der Waals surface area contributed by atoms with Crippen molar-refractivity contribution in [2.24, 2.45) is 0 Å². The van der Waals surface area contributed by atoms with Crippen LogP contribution in [0.5, 0.6) is 0 Å². The van der Waals surface area contributed by atoms with Crippen LogP contribution < -0.4 is 10.5 Å². The standard InChI is InChI=1S/C23H22N4O3/c1-2-26(18-11-7-4-8-12-18)20(29)15-25-13-14-27-22(23(25)30)19(16-28)21(24-27)17-9-5-3-6-10-17/h3-14,28H,2,15-16H2,1H3. The van der Waals surface area contributed by atoms with Crippen molar-refractivity contribution in [1.82, 2.24) is 14.2 Å². The van der Waals surface area contributed by atoms with Gasteiger partial charge < -0.3 is 14.6 Å². The smallest absolute Gasteiger partial charge is 0.277 e. The molecule has 7 heteroatoms. The quantitative estimate of drug-likeness (QED) is 0.538. The molecule has 4 rings (SSSR count). The van der Waals surface area contributed by atoms with E-state index in [9.17, 15) is 14.7 Å². The summed E-state index contributed by atoms with van der Waals surface area (Å²) in [5.74, 6) is -0.191. The van der Waals surface area contributed by atoms with Gasteiger partial charge in [-0.15, -0.1) is 0 Å². The molecule has 0 saturated heterocycles. The summed E-state index contributed by atoms with van der Waals surface area (Å²) in [5, 5.41) is 14.4. The Balaban J connectivity index is 1.73. The lowest BCUT2D eigenvalue weighted by Gasteiger charge is -2.21. The number of benzene rings is 2. The molecule has 2 aromatic carbocycles. The van der Waals surface area contributed by atoms with Gasteiger partial charge in [0.1, 0.15) is 12.1 Å². The van der Waals surface area contributed by atoms with Crippen LogP contribution in [-0.4, -0.2) is 31.7 Å². The minimum atomic E-state index is -0.367. The highest BCUT2D eigenvalue weighted by Crippen LogP contribution is 2.24. The molecule has 30 heavy (non-hydrogen) atoms. The number of fused-ring (bicyclic) bond motifs is 1. The summed E-state index contributed by atoms with van der Waals surface area (Å²) in [4.78, 5) is 27.7. The molecule has 7 nitrogen and oxygen atoms in total. The molecule has 0 aliphatic heterocycles. The number of rotatable bonds is 6. The Hall–Kier alpha value is -3.71. The molecule has 2 aromatic heterocycles. The second kappa shape index (κ2) is 8.34. The van der Waals surface area contributed by atoms with Gasteiger partial charge in [0.25, 0.3) is 5.56 Å². The molecule has 0 spiro atoms. The van der Waals surface area contributed by atoms with E-state index < -0.39 is 0 Å². The lowest BCUT2D eigenvalue weighted by molar-refractivity contribution is -0.119. The van der Waals surface area contributed by atoms with E-state index in [0.717, 1.165) is 11.3 Å². The predicted octanol–water partition coefficient (Wildman–Crippen LogP) is 2.71. The molecule has 0 fully saturated rings. The number of carbonyl (C=O) groups excluding carboxylic acids is 1. The summed E-state index contributed by atoms with van der Waals surface area (Å²) in [7, 11) is 0. The third-order valence-electron chi connectivity index (χ3n) is 5.06. The minimum absolute atomic E-state index is 0.102. The fraction of sp³-hybridized carbons (Fsp3) is 0.174. The highest BCUT2D eigenvalue weighted by Gasteiger charge is 2.20. The number of aliphatic hydroxyl groups excluding tert-OH is 1. The first-order chi connectivity index (χ1) is 14.6. The summed E-state index contributed by atoms with van der Waals surface area (Å²) >= 11 is 0. The van der Waals surface area contributed by atoms with Gasteiger partial charge in [0.05, 0.1) is 12.3 Å². The summed E-state index contributed by atoms with van der Waals surface area (Å²) in [6, 6.07) is 18.7. The summed E-state index contributed by atoms with van der Waals surface area (Å²) in [6.07, 6.45) is 3.18. The molecule has 0 bridgehead atoms. The van der Waals surface area contributed by atoms with Gasteiger partial charge in [-0.1, -0.05) is 48.5 Å². The number of likely N-dealkylation sites (N-methyl/N-ethyl adjacent to an activating group) is 1. The lowest BCUT2D eigenvalue weighted by Crippen LogP contribution is -2.36. The van der Waals surface area contributed by atoms with Gasteiger partial charge in [-0.2, -0.15) is 5.10 Å². The van der Waals surface area contributed by atoms with Crippen LogP contribution in [0, 0.1) is 0 Å². The molecule has 1 N–H and O–H groups in total. The monoisotopic (exact) mass is 402 g/mol. The second-order valence-electron chi connectivity index (χ2n) is 6.85. The number of hydrogen-bond acceptors (Lipinski definition) is 4. The SMILES string of the molecule is CCN(C(=O)Cn1ccn2nc(-c3ccccc3)c(CO)c2c1=O)c1ccccc1. The average Bonchev–Trinajstić information content (AvgIpc) is 3.17. The third-order valence-corrected chi connectivity index (χ3v) is 5.06. The highest BCUT2D eigenvalue weighted by atomic mass is 16.3. The fourth-order valence-corrected chi connectivity index (χ4v) is 3.60. The average molecular weight is 402 g/mol. The zero-order chi connectivity index (χ0) is 21.1. The van der Waals surface area contributed by atoms with E-state index in [1.54, 1.807) is 17.3 Å². The number of anilines is 1. The zero-order valence-corrected chi connectivity index (χ0v) is 16.6. The molecule has 0 saturated carbocycles. The molecule has 0 atom stereocenters. The van der Waals surface area contributed by atoms with Crippen LogP contribution >= 0.6 is 0 Å². The van der Waals surface area contributed by atoms with E-state index in [4.69, 9.17) is 0 Å². The van der Waals surface area contributed by atoms with E-state index in [2.05, 4.69) is 5.10 Å². The van der Waals surface area contributed by atoms with Gasteiger partial charge in [-0.05, 0) is 19.1 Å². The predicted molar refractivity (Wildman–Crippen MR) is 115 cm³/mol. The van der Waals surface area contributed by atoms with Crippen LogP contribution in [0.1, 0.15) is 12.5 Å².